The second-order valence-electron chi connectivity index (χ2n) is 4.80. The molecule has 0 aliphatic heterocycles. The third-order valence-electron chi connectivity index (χ3n) is 3.60. The number of hydrogen-bond acceptors (Lipinski definition) is 3. The van der Waals surface area contributed by atoms with Gasteiger partial charge in [0.25, 0.3) is 0 Å². The van der Waals surface area contributed by atoms with Crippen LogP contribution in [-0.2, 0) is 11.3 Å². The van der Waals surface area contributed by atoms with Gasteiger partial charge in [-0.2, -0.15) is 0 Å². The van der Waals surface area contributed by atoms with Crippen molar-refractivity contribution >= 4 is 5.97 Å². The third-order valence-corrected chi connectivity index (χ3v) is 3.60. The van der Waals surface area contributed by atoms with Crippen LogP contribution >= 0.6 is 0 Å². The highest BCUT2D eigenvalue weighted by Gasteiger charge is 2.26. The quantitative estimate of drug-likeness (QED) is 0.858. The highest BCUT2D eigenvalue weighted by molar-refractivity contribution is 5.87. The average Bonchev–Trinajstić information content (AvgIpc) is 2.85. The lowest BCUT2D eigenvalue weighted by atomic mass is 10.1. The first-order chi connectivity index (χ1) is 9.11. The molecule has 1 aromatic carbocycles. The van der Waals surface area contributed by atoms with Crippen LogP contribution in [0.15, 0.2) is 18.2 Å². The molecule has 0 saturated heterocycles. The molecule has 0 aromatic heterocycles. The molecule has 0 amide bonds. The fourth-order valence-corrected chi connectivity index (χ4v) is 2.53. The van der Waals surface area contributed by atoms with Crippen LogP contribution in [0.2, 0.25) is 0 Å². The van der Waals surface area contributed by atoms with Crippen LogP contribution in [0.5, 0.6) is 0 Å². The maximum absolute atomic E-state index is 13.6. The lowest BCUT2D eigenvalue weighted by Gasteiger charge is -2.19. The predicted molar refractivity (Wildman–Crippen MR) is 68.6 cm³/mol. The van der Waals surface area contributed by atoms with Crippen molar-refractivity contribution in [3.8, 4) is 0 Å². The van der Waals surface area contributed by atoms with E-state index in [2.05, 4.69) is 5.32 Å². The van der Waals surface area contributed by atoms with E-state index in [9.17, 15) is 9.18 Å². The van der Waals surface area contributed by atoms with Crippen LogP contribution in [0.3, 0.4) is 0 Å². The molecule has 2 rings (SSSR count). The van der Waals surface area contributed by atoms with Crippen LogP contribution in [0.1, 0.15) is 35.2 Å². The van der Waals surface area contributed by atoms with Gasteiger partial charge in [0.05, 0.1) is 11.7 Å². The van der Waals surface area contributed by atoms with Crippen molar-refractivity contribution in [3.05, 3.63) is 35.1 Å². The van der Waals surface area contributed by atoms with E-state index in [1.807, 2.05) is 0 Å². The summed E-state index contributed by atoms with van der Waals surface area (Å²) >= 11 is 0. The number of methoxy groups -OCH3 is 1. The fourth-order valence-electron chi connectivity index (χ4n) is 2.53. The van der Waals surface area contributed by atoms with Crippen molar-refractivity contribution < 1.29 is 19.0 Å². The minimum Gasteiger partial charge on any atom is -0.478 e. The molecule has 1 aliphatic carbocycles. The molecule has 1 aromatic rings. The van der Waals surface area contributed by atoms with E-state index >= 15 is 0 Å². The average molecular weight is 267 g/mol. The van der Waals surface area contributed by atoms with Crippen molar-refractivity contribution in [1.82, 2.24) is 5.32 Å². The summed E-state index contributed by atoms with van der Waals surface area (Å²) in [5.41, 5.74) is 0.481. The van der Waals surface area contributed by atoms with Gasteiger partial charge in [-0.05, 0) is 37.5 Å². The van der Waals surface area contributed by atoms with E-state index in [0.29, 0.717) is 12.1 Å². The Morgan fingerprint density at radius 2 is 2.32 bits per heavy atom. The zero-order valence-corrected chi connectivity index (χ0v) is 10.9. The molecule has 104 valence electrons. The molecule has 2 N–H and O–H groups in total. The lowest BCUT2D eigenvalue weighted by molar-refractivity contribution is 0.0696. The summed E-state index contributed by atoms with van der Waals surface area (Å²) in [6.07, 6.45) is 3.25. The molecule has 4 nitrogen and oxygen atoms in total. The highest BCUT2D eigenvalue weighted by Crippen LogP contribution is 2.22. The number of carbonyl (C=O) groups is 1. The minimum absolute atomic E-state index is 0.105. The summed E-state index contributed by atoms with van der Waals surface area (Å²) in [5, 5.41) is 12.1. The molecular formula is C14H18FNO3. The van der Waals surface area contributed by atoms with Crippen LogP contribution in [0.25, 0.3) is 0 Å². The molecule has 1 fully saturated rings. The maximum atomic E-state index is 13.6. The predicted octanol–water partition coefficient (Wildman–Crippen LogP) is 2.18. The molecule has 19 heavy (non-hydrogen) atoms. The first kappa shape index (κ1) is 14.0. The fraction of sp³-hybridized carbons (Fsp3) is 0.500. The third kappa shape index (κ3) is 3.30. The molecule has 1 saturated carbocycles. The first-order valence-electron chi connectivity index (χ1n) is 6.39. The summed E-state index contributed by atoms with van der Waals surface area (Å²) < 4.78 is 19.0. The summed E-state index contributed by atoms with van der Waals surface area (Å²) in [6.45, 7) is 0.317. The largest absolute Gasteiger partial charge is 0.478 e. The minimum atomic E-state index is -1.04. The Bertz CT molecular complexity index is 464. The molecule has 0 bridgehead atoms. The number of ether oxygens (including phenoxy) is 1. The number of benzene rings is 1. The molecule has 2 atom stereocenters. The Labute approximate surface area is 111 Å². The Morgan fingerprint density at radius 3 is 3.00 bits per heavy atom. The summed E-state index contributed by atoms with van der Waals surface area (Å²) in [4.78, 5) is 10.9. The topological polar surface area (TPSA) is 58.6 Å². The zero-order valence-electron chi connectivity index (χ0n) is 10.9. The van der Waals surface area contributed by atoms with E-state index in [0.717, 1.165) is 19.3 Å². The number of hydrogen-bond donors (Lipinski definition) is 2. The SMILES string of the molecule is COC1CCCC1NCc1cc(C(=O)O)ccc1F. The number of carboxylic acid groups (broad SMARTS) is 1. The van der Waals surface area contributed by atoms with Gasteiger partial charge < -0.3 is 15.2 Å². The Morgan fingerprint density at radius 1 is 1.53 bits per heavy atom. The van der Waals surface area contributed by atoms with Gasteiger partial charge in [0.2, 0.25) is 0 Å². The van der Waals surface area contributed by atoms with Gasteiger partial charge in [-0.3, -0.25) is 0 Å². The number of carboxylic acids is 1. The second-order valence-corrected chi connectivity index (χ2v) is 4.80. The van der Waals surface area contributed by atoms with Crippen LogP contribution < -0.4 is 5.32 Å². The summed E-state index contributed by atoms with van der Waals surface area (Å²) in [7, 11) is 1.68. The van der Waals surface area contributed by atoms with Crippen LogP contribution in [0, 0.1) is 5.82 Å². The van der Waals surface area contributed by atoms with E-state index in [-0.39, 0.29) is 23.5 Å². The Hall–Kier alpha value is -1.46. The van der Waals surface area contributed by atoms with Crippen molar-refractivity contribution in [2.75, 3.05) is 7.11 Å². The molecule has 2 unspecified atom stereocenters. The maximum Gasteiger partial charge on any atom is 0.335 e. The van der Waals surface area contributed by atoms with Gasteiger partial charge in [0, 0.05) is 25.3 Å². The summed E-state index contributed by atoms with van der Waals surface area (Å²) in [6, 6.07) is 4.05. The van der Waals surface area contributed by atoms with Crippen molar-refractivity contribution in [1.29, 1.82) is 0 Å². The molecule has 1 aliphatic rings. The van der Waals surface area contributed by atoms with E-state index < -0.39 is 5.97 Å². The molecule has 0 heterocycles. The van der Waals surface area contributed by atoms with E-state index in [4.69, 9.17) is 9.84 Å². The highest BCUT2D eigenvalue weighted by atomic mass is 19.1. The number of rotatable bonds is 5. The van der Waals surface area contributed by atoms with E-state index in [1.54, 1.807) is 7.11 Å². The van der Waals surface area contributed by atoms with Gasteiger partial charge in [-0.1, -0.05) is 0 Å². The monoisotopic (exact) mass is 267 g/mol. The van der Waals surface area contributed by atoms with E-state index in [1.165, 1.54) is 18.2 Å². The number of halogens is 1. The normalized spacial score (nSPS) is 22.6. The second kappa shape index (κ2) is 6.12. The first-order valence-corrected chi connectivity index (χ1v) is 6.39. The molecule has 0 spiro atoms. The lowest BCUT2D eigenvalue weighted by Crippen LogP contribution is -2.36. The van der Waals surface area contributed by atoms with Gasteiger partial charge >= 0.3 is 5.97 Å². The smallest absolute Gasteiger partial charge is 0.335 e. The molecule has 0 radical (unpaired) electrons. The van der Waals surface area contributed by atoms with Gasteiger partial charge in [0.1, 0.15) is 5.82 Å². The number of aromatic carboxylic acids is 1. The standard InChI is InChI=1S/C14H18FNO3/c1-19-13-4-2-3-12(13)16-8-10-7-9(14(17)18)5-6-11(10)15/h5-7,12-13,16H,2-4,8H2,1H3,(H,17,18). The van der Waals surface area contributed by atoms with Crippen LogP contribution in [-0.4, -0.2) is 30.3 Å². The molecule has 5 heteroatoms. The number of nitrogens with one attached hydrogen (secondary N) is 1. The van der Waals surface area contributed by atoms with Gasteiger partial charge in [-0.15, -0.1) is 0 Å². The Balaban J connectivity index is 2.02. The van der Waals surface area contributed by atoms with Crippen LogP contribution in [0.4, 0.5) is 4.39 Å². The molecular weight excluding hydrogens is 249 g/mol. The Kier molecular flexibility index (Phi) is 4.50. The van der Waals surface area contributed by atoms with Crippen molar-refractivity contribution in [2.45, 2.75) is 38.0 Å². The van der Waals surface area contributed by atoms with Crippen molar-refractivity contribution in [2.24, 2.45) is 0 Å². The van der Waals surface area contributed by atoms with Gasteiger partial charge in [-0.25, -0.2) is 9.18 Å². The van der Waals surface area contributed by atoms with Gasteiger partial charge in [0.15, 0.2) is 0 Å². The zero-order chi connectivity index (χ0) is 13.8. The summed E-state index contributed by atoms with van der Waals surface area (Å²) in [5.74, 6) is -1.43. The van der Waals surface area contributed by atoms with Crippen molar-refractivity contribution in [3.63, 3.8) is 0 Å².